The van der Waals surface area contributed by atoms with Crippen LogP contribution >= 0.6 is 0 Å². The van der Waals surface area contributed by atoms with E-state index < -0.39 is 14.9 Å². The quantitative estimate of drug-likeness (QED) is 0.498. The van der Waals surface area contributed by atoms with Gasteiger partial charge in [-0.2, -0.15) is 4.31 Å². The second-order valence-electron chi connectivity index (χ2n) is 8.16. The largest absolute Gasteiger partial charge is 0.362 e. The van der Waals surface area contributed by atoms with Crippen LogP contribution in [0.5, 0.6) is 0 Å². The molecule has 1 aromatic carbocycles. The molecule has 0 N–H and O–H groups in total. The van der Waals surface area contributed by atoms with Gasteiger partial charge in [-0.15, -0.1) is 0 Å². The number of carbonyl (C=O) groups is 1. The molecule has 0 radical (unpaired) electrons. The number of aryl methyl sites for hydroxylation is 1. The number of nitrogens with zero attached hydrogens (tertiary/aromatic N) is 5. The molecular weight excluding hydrogens is 434 g/mol. The molecule has 2 aromatic rings. The maximum atomic E-state index is 13.1. The molecule has 0 unspecified atom stereocenters. The van der Waals surface area contributed by atoms with E-state index in [4.69, 9.17) is 0 Å². The fourth-order valence-electron chi connectivity index (χ4n) is 4.34. The maximum absolute atomic E-state index is 13.1. The number of nitro benzene ring substituents is 1. The van der Waals surface area contributed by atoms with E-state index in [9.17, 15) is 23.3 Å². The van der Waals surface area contributed by atoms with E-state index in [1.54, 1.807) is 34.7 Å². The standard InChI is InChI=1S/C21H27N5O5S/c1-22-16-17(32(30,31)25-9-5-2-6-10-25)15-20(22)21(27)24-13-11-23(12-14-24)18-7-3-4-8-19(18)26(28)29/h3-4,7-8,15-16H,2,5-6,9-14H2,1H3. The Hall–Kier alpha value is -2.92. The molecule has 1 aromatic heterocycles. The summed E-state index contributed by atoms with van der Waals surface area (Å²) in [5.41, 5.74) is 0.903. The van der Waals surface area contributed by atoms with E-state index in [0.29, 0.717) is 50.6 Å². The second-order valence-corrected chi connectivity index (χ2v) is 10.1. The topological polar surface area (TPSA) is 109 Å². The van der Waals surface area contributed by atoms with Gasteiger partial charge in [-0.1, -0.05) is 18.6 Å². The minimum absolute atomic E-state index is 0.0438. The summed E-state index contributed by atoms with van der Waals surface area (Å²) in [7, 11) is -1.94. The molecule has 2 aliphatic heterocycles. The van der Waals surface area contributed by atoms with E-state index >= 15 is 0 Å². The normalized spacial score (nSPS) is 18.0. The van der Waals surface area contributed by atoms with Crippen LogP contribution in [0.4, 0.5) is 11.4 Å². The third-order valence-electron chi connectivity index (χ3n) is 6.14. The number of para-hydroxylation sites is 2. The Balaban J connectivity index is 1.47. The zero-order valence-electron chi connectivity index (χ0n) is 18.0. The van der Waals surface area contributed by atoms with Crippen LogP contribution in [0, 0.1) is 10.1 Å². The molecule has 0 spiro atoms. The number of hydrogen-bond acceptors (Lipinski definition) is 6. The van der Waals surface area contributed by atoms with Crippen LogP contribution in [-0.2, 0) is 17.1 Å². The first-order valence-corrected chi connectivity index (χ1v) is 12.2. The van der Waals surface area contributed by atoms with E-state index in [0.717, 1.165) is 19.3 Å². The van der Waals surface area contributed by atoms with Crippen molar-refractivity contribution in [3.8, 4) is 0 Å². The molecule has 1 amide bonds. The summed E-state index contributed by atoms with van der Waals surface area (Å²) in [4.78, 5) is 27.7. The van der Waals surface area contributed by atoms with Crippen molar-refractivity contribution in [3.05, 3.63) is 52.3 Å². The highest BCUT2D eigenvalue weighted by atomic mass is 32.2. The Morgan fingerprint density at radius 1 is 1.00 bits per heavy atom. The molecule has 172 valence electrons. The van der Waals surface area contributed by atoms with Gasteiger partial charge in [0.15, 0.2) is 0 Å². The predicted molar refractivity (Wildman–Crippen MR) is 119 cm³/mol. The number of hydrogen-bond donors (Lipinski definition) is 0. The molecule has 2 fully saturated rings. The summed E-state index contributed by atoms with van der Waals surface area (Å²) in [6.45, 7) is 2.72. The molecule has 32 heavy (non-hydrogen) atoms. The van der Waals surface area contributed by atoms with Crippen molar-refractivity contribution in [3.63, 3.8) is 0 Å². The van der Waals surface area contributed by atoms with E-state index in [2.05, 4.69) is 0 Å². The van der Waals surface area contributed by atoms with Crippen molar-refractivity contribution in [2.24, 2.45) is 7.05 Å². The third kappa shape index (κ3) is 4.22. The van der Waals surface area contributed by atoms with Gasteiger partial charge in [-0.05, 0) is 25.0 Å². The van der Waals surface area contributed by atoms with Gasteiger partial charge in [0.25, 0.3) is 11.6 Å². The Labute approximate surface area is 187 Å². The van der Waals surface area contributed by atoms with Crippen LogP contribution in [0.3, 0.4) is 0 Å². The fourth-order valence-corrected chi connectivity index (χ4v) is 5.93. The van der Waals surface area contributed by atoms with Gasteiger partial charge >= 0.3 is 0 Å². The van der Waals surface area contributed by atoms with Gasteiger partial charge in [-0.3, -0.25) is 14.9 Å². The molecule has 10 nitrogen and oxygen atoms in total. The van der Waals surface area contributed by atoms with Crippen LogP contribution in [0.1, 0.15) is 29.8 Å². The fraction of sp³-hybridized carbons (Fsp3) is 0.476. The van der Waals surface area contributed by atoms with Crippen LogP contribution < -0.4 is 4.90 Å². The number of rotatable bonds is 5. The van der Waals surface area contributed by atoms with E-state index in [1.165, 1.54) is 22.6 Å². The average molecular weight is 462 g/mol. The van der Waals surface area contributed by atoms with Gasteiger partial charge in [-0.25, -0.2) is 8.42 Å². The summed E-state index contributed by atoms with van der Waals surface area (Å²) in [6.07, 6.45) is 4.23. The maximum Gasteiger partial charge on any atom is 0.292 e. The minimum Gasteiger partial charge on any atom is -0.362 e. The number of carbonyl (C=O) groups excluding carboxylic acids is 1. The molecule has 0 atom stereocenters. The number of aromatic nitrogens is 1. The number of piperazine rings is 1. The summed E-state index contributed by atoms with van der Waals surface area (Å²) in [5, 5.41) is 11.3. The molecule has 3 heterocycles. The molecule has 0 aliphatic carbocycles. The van der Waals surface area contributed by atoms with E-state index in [-0.39, 0.29) is 16.5 Å². The minimum atomic E-state index is -3.62. The van der Waals surface area contributed by atoms with Crippen LogP contribution in [-0.4, -0.2) is 72.3 Å². The number of nitro groups is 1. The molecule has 11 heteroatoms. The zero-order valence-corrected chi connectivity index (χ0v) is 18.8. The molecule has 2 saturated heterocycles. The first-order chi connectivity index (χ1) is 15.3. The number of sulfonamides is 1. The SMILES string of the molecule is Cn1cc(S(=O)(=O)N2CCCCC2)cc1C(=O)N1CCN(c2ccccc2[N+](=O)[O-])CC1. The summed E-state index contributed by atoms with van der Waals surface area (Å²) < 4.78 is 29.0. The van der Waals surface area contributed by atoms with Crippen molar-refractivity contribution >= 4 is 27.3 Å². The molecule has 2 aliphatic rings. The Morgan fingerprint density at radius 2 is 1.66 bits per heavy atom. The van der Waals surface area contributed by atoms with Gasteiger partial charge in [0, 0.05) is 58.6 Å². The molecular formula is C21H27N5O5S. The highest BCUT2D eigenvalue weighted by Gasteiger charge is 2.31. The van der Waals surface area contributed by atoms with Crippen LogP contribution in [0.15, 0.2) is 41.4 Å². The predicted octanol–water partition coefficient (Wildman–Crippen LogP) is 2.07. The summed E-state index contributed by atoms with van der Waals surface area (Å²) >= 11 is 0. The average Bonchev–Trinajstić information content (AvgIpc) is 3.21. The monoisotopic (exact) mass is 461 g/mol. The number of amides is 1. The molecule has 0 bridgehead atoms. The highest BCUT2D eigenvalue weighted by Crippen LogP contribution is 2.29. The van der Waals surface area contributed by atoms with Crippen molar-refractivity contribution in [1.29, 1.82) is 0 Å². The summed E-state index contributed by atoms with van der Waals surface area (Å²) in [5.74, 6) is -0.241. The lowest BCUT2D eigenvalue weighted by atomic mass is 10.2. The van der Waals surface area contributed by atoms with Gasteiger partial charge in [0.2, 0.25) is 10.0 Å². The lowest BCUT2D eigenvalue weighted by Gasteiger charge is -2.35. The lowest BCUT2D eigenvalue weighted by molar-refractivity contribution is -0.384. The second kappa shape index (κ2) is 8.91. The first kappa shape index (κ1) is 22.3. The smallest absolute Gasteiger partial charge is 0.292 e. The molecule has 4 rings (SSSR count). The zero-order chi connectivity index (χ0) is 22.9. The number of benzene rings is 1. The Morgan fingerprint density at radius 3 is 2.31 bits per heavy atom. The Kier molecular flexibility index (Phi) is 6.20. The van der Waals surface area contributed by atoms with Gasteiger partial charge < -0.3 is 14.4 Å². The lowest BCUT2D eigenvalue weighted by Crippen LogP contribution is -2.49. The third-order valence-corrected chi connectivity index (χ3v) is 8.00. The molecule has 0 saturated carbocycles. The summed E-state index contributed by atoms with van der Waals surface area (Å²) in [6, 6.07) is 8.03. The van der Waals surface area contributed by atoms with Crippen molar-refractivity contribution in [2.45, 2.75) is 24.2 Å². The van der Waals surface area contributed by atoms with Crippen molar-refractivity contribution in [1.82, 2.24) is 13.8 Å². The van der Waals surface area contributed by atoms with Crippen molar-refractivity contribution < 1.29 is 18.1 Å². The number of piperidine rings is 1. The van der Waals surface area contributed by atoms with Gasteiger partial charge in [0.1, 0.15) is 16.3 Å². The first-order valence-electron chi connectivity index (χ1n) is 10.7. The highest BCUT2D eigenvalue weighted by molar-refractivity contribution is 7.89. The van der Waals surface area contributed by atoms with Gasteiger partial charge in [0.05, 0.1) is 4.92 Å². The van der Waals surface area contributed by atoms with Crippen LogP contribution in [0.25, 0.3) is 0 Å². The Bertz CT molecular complexity index is 1120. The van der Waals surface area contributed by atoms with Crippen molar-refractivity contribution in [2.75, 3.05) is 44.2 Å². The number of anilines is 1. The van der Waals surface area contributed by atoms with Crippen LogP contribution in [0.2, 0.25) is 0 Å². The van der Waals surface area contributed by atoms with E-state index in [1.807, 2.05) is 4.90 Å².